The lowest BCUT2D eigenvalue weighted by Gasteiger charge is -2.26. The van der Waals surface area contributed by atoms with Crippen molar-refractivity contribution in [3.05, 3.63) is 23.7 Å². The lowest BCUT2D eigenvalue weighted by Crippen LogP contribution is -2.29. The summed E-state index contributed by atoms with van der Waals surface area (Å²) in [6.07, 6.45) is 1.80. The first kappa shape index (κ1) is 16.3. The van der Waals surface area contributed by atoms with E-state index in [-0.39, 0.29) is 0 Å². The van der Waals surface area contributed by atoms with E-state index in [1.54, 1.807) is 6.26 Å². The maximum absolute atomic E-state index is 5.63. The van der Waals surface area contributed by atoms with Crippen molar-refractivity contribution in [3.63, 3.8) is 0 Å². The number of nitrogens with one attached hydrogen (secondary N) is 1. The number of rotatable bonds is 7. The minimum Gasteiger partial charge on any atom is -0.468 e. The van der Waals surface area contributed by atoms with E-state index in [2.05, 4.69) is 57.9 Å². The van der Waals surface area contributed by atoms with Crippen molar-refractivity contribution in [1.29, 1.82) is 0 Å². The van der Waals surface area contributed by atoms with Gasteiger partial charge in [-0.2, -0.15) is 0 Å². The van der Waals surface area contributed by atoms with Gasteiger partial charge in [-0.3, -0.25) is 4.90 Å². The van der Waals surface area contributed by atoms with Gasteiger partial charge in [0.15, 0.2) is 0 Å². The van der Waals surface area contributed by atoms with Gasteiger partial charge in [-0.1, -0.05) is 34.6 Å². The largest absolute Gasteiger partial charge is 0.468 e. The van der Waals surface area contributed by atoms with Gasteiger partial charge in [-0.15, -0.1) is 0 Å². The molecule has 0 atom stereocenters. The Morgan fingerprint density at radius 1 is 1.32 bits per heavy atom. The average molecular weight is 266 g/mol. The molecule has 1 aromatic heterocycles. The smallest absolute Gasteiger partial charge is 0.122 e. The third kappa shape index (κ3) is 6.79. The fourth-order valence-corrected chi connectivity index (χ4v) is 2.27. The third-order valence-corrected chi connectivity index (χ3v) is 2.86. The Balaban J connectivity index is 2.48. The summed E-state index contributed by atoms with van der Waals surface area (Å²) in [5, 5.41) is 3.47. The summed E-state index contributed by atoms with van der Waals surface area (Å²) in [5.74, 6) is 1.77. The Kier molecular flexibility index (Phi) is 6.08. The van der Waals surface area contributed by atoms with Crippen LogP contribution in [0, 0.1) is 11.3 Å². The number of nitrogens with zero attached hydrogens (tertiary/aromatic N) is 1. The van der Waals surface area contributed by atoms with Crippen LogP contribution in [-0.2, 0) is 13.1 Å². The highest BCUT2D eigenvalue weighted by Crippen LogP contribution is 2.18. The molecular weight excluding hydrogens is 236 g/mol. The van der Waals surface area contributed by atoms with Crippen molar-refractivity contribution in [1.82, 2.24) is 10.2 Å². The van der Waals surface area contributed by atoms with E-state index in [1.165, 1.54) is 5.56 Å². The number of furan rings is 1. The van der Waals surface area contributed by atoms with Crippen LogP contribution < -0.4 is 5.32 Å². The van der Waals surface area contributed by atoms with Crippen LogP contribution in [0.3, 0.4) is 0 Å². The third-order valence-electron chi connectivity index (χ3n) is 2.86. The molecule has 0 fully saturated rings. The van der Waals surface area contributed by atoms with Gasteiger partial charge in [0.05, 0.1) is 12.8 Å². The van der Waals surface area contributed by atoms with Gasteiger partial charge in [0.2, 0.25) is 0 Å². The quantitative estimate of drug-likeness (QED) is 0.818. The maximum Gasteiger partial charge on any atom is 0.122 e. The van der Waals surface area contributed by atoms with Gasteiger partial charge in [0.25, 0.3) is 0 Å². The molecule has 0 aliphatic heterocycles. The second-order valence-electron chi connectivity index (χ2n) is 7.13. The van der Waals surface area contributed by atoms with E-state index in [0.29, 0.717) is 11.3 Å². The van der Waals surface area contributed by atoms with E-state index >= 15 is 0 Å². The first-order valence-corrected chi connectivity index (χ1v) is 7.22. The molecular formula is C16H30N2O. The van der Waals surface area contributed by atoms with E-state index in [0.717, 1.165) is 31.9 Å². The molecule has 1 aromatic rings. The first-order valence-electron chi connectivity index (χ1n) is 7.22. The molecule has 0 saturated carbocycles. The number of hydrogen-bond donors (Lipinski definition) is 1. The van der Waals surface area contributed by atoms with Gasteiger partial charge < -0.3 is 9.73 Å². The second-order valence-corrected chi connectivity index (χ2v) is 7.13. The van der Waals surface area contributed by atoms with Crippen molar-refractivity contribution in [2.24, 2.45) is 11.3 Å². The highest BCUT2D eigenvalue weighted by Gasteiger charge is 2.16. The highest BCUT2D eigenvalue weighted by molar-refractivity contribution is 5.16. The molecule has 3 heteroatoms. The Hall–Kier alpha value is -0.800. The summed E-state index contributed by atoms with van der Waals surface area (Å²) in [5.41, 5.74) is 1.60. The van der Waals surface area contributed by atoms with Crippen molar-refractivity contribution in [2.45, 2.75) is 47.7 Å². The minimum absolute atomic E-state index is 0.317. The van der Waals surface area contributed by atoms with Crippen molar-refractivity contribution in [3.8, 4) is 0 Å². The zero-order valence-corrected chi connectivity index (χ0v) is 13.4. The number of hydrogen-bond acceptors (Lipinski definition) is 3. The monoisotopic (exact) mass is 266 g/mol. The summed E-state index contributed by atoms with van der Waals surface area (Å²) in [7, 11) is 2.15. The predicted octanol–water partition coefficient (Wildman–Crippen LogP) is 3.50. The van der Waals surface area contributed by atoms with Crippen LogP contribution in [0.2, 0.25) is 0 Å². The van der Waals surface area contributed by atoms with Crippen molar-refractivity contribution >= 4 is 0 Å². The molecule has 0 spiro atoms. The summed E-state index contributed by atoms with van der Waals surface area (Å²) in [6, 6.07) is 2.08. The zero-order chi connectivity index (χ0) is 14.5. The van der Waals surface area contributed by atoms with Crippen LogP contribution in [-0.4, -0.2) is 25.0 Å². The molecule has 1 heterocycles. The van der Waals surface area contributed by atoms with E-state index < -0.39 is 0 Å². The minimum atomic E-state index is 0.317. The fourth-order valence-electron chi connectivity index (χ4n) is 2.27. The standard InChI is InChI=1S/C16H30N2O/c1-13(2)9-17-10-14-7-8-19-15(14)11-18(6)12-16(3,4)5/h7-8,13,17H,9-12H2,1-6H3. The molecule has 1 N–H and O–H groups in total. The lowest BCUT2D eigenvalue weighted by atomic mass is 9.96. The Morgan fingerprint density at radius 3 is 2.58 bits per heavy atom. The lowest BCUT2D eigenvalue weighted by molar-refractivity contribution is 0.207. The summed E-state index contributed by atoms with van der Waals surface area (Å²) in [6.45, 7) is 15.1. The second kappa shape index (κ2) is 7.11. The molecule has 3 nitrogen and oxygen atoms in total. The zero-order valence-electron chi connectivity index (χ0n) is 13.4. The highest BCUT2D eigenvalue weighted by atomic mass is 16.3. The first-order chi connectivity index (χ1) is 8.78. The molecule has 1 rings (SSSR count). The molecule has 0 aromatic carbocycles. The van der Waals surface area contributed by atoms with Gasteiger partial charge in [0, 0.05) is 18.7 Å². The molecule has 110 valence electrons. The van der Waals surface area contributed by atoms with Crippen LogP contribution in [0.25, 0.3) is 0 Å². The molecule has 0 radical (unpaired) electrons. The summed E-state index contributed by atoms with van der Waals surface area (Å²) >= 11 is 0. The van der Waals surface area contributed by atoms with Gasteiger partial charge in [-0.25, -0.2) is 0 Å². The molecule has 0 bridgehead atoms. The van der Waals surface area contributed by atoms with Crippen LogP contribution >= 0.6 is 0 Å². The van der Waals surface area contributed by atoms with Crippen LogP contribution in [0.1, 0.15) is 45.9 Å². The fraction of sp³-hybridized carbons (Fsp3) is 0.750. The van der Waals surface area contributed by atoms with Crippen LogP contribution in [0.4, 0.5) is 0 Å². The Morgan fingerprint density at radius 2 is 2.00 bits per heavy atom. The molecule has 0 amide bonds. The van der Waals surface area contributed by atoms with Gasteiger partial charge in [0.1, 0.15) is 5.76 Å². The topological polar surface area (TPSA) is 28.4 Å². The van der Waals surface area contributed by atoms with Crippen LogP contribution in [0.15, 0.2) is 16.7 Å². The van der Waals surface area contributed by atoms with E-state index in [4.69, 9.17) is 4.42 Å². The Labute approximate surface area is 118 Å². The van der Waals surface area contributed by atoms with E-state index in [9.17, 15) is 0 Å². The molecule has 0 aliphatic carbocycles. The van der Waals surface area contributed by atoms with Gasteiger partial charge in [-0.05, 0) is 31.0 Å². The molecule has 0 aliphatic rings. The average Bonchev–Trinajstić information content (AvgIpc) is 2.62. The predicted molar refractivity (Wildman–Crippen MR) is 81.0 cm³/mol. The molecule has 19 heavy (non-hydrogen) atoms. The maximum atomic E-state index is 5.63. The normalized spacial score (nSPS) is 12.6. The Bertz CT molecular complexity index is 363. The van der Waals surface area contributed by atoms with Gasteiger partial charge >= 0.3 is 0 Å². The molecule has 0 saturated heterocycles. The van der Waals surface area contributed by atoms with E-state index in [1.807, 2.05) is 0 Å². The van der Waals surface area contributed by atoms with Crippen LogP contribution in [0.5, 0.6) is 0 Å². The van der Waals surface area contributed by atoms with Crippen molar-refractivity contribution < 1.29 is 4.42 Å². The molecule has 0 unspecified atom stereocenters. The summed E-state index contributed by atoms with van der Waals surface area (Å²) in [4.78, 5) is 2.32. The SMILES string of the molecule is CC(C)CNCc1ccoc1CN(C)CC(C)(C)C. The van der Waals surface area contributed by atoms with Crippen molar-refractivity contribution in [2.75, 3.05) is 20.1 Å². The summed E-state index contributed by atoms with van der Waals surface area (Å²) < 4.78 is 5.63.